The zero-order valence-electron chi connectivity index (χ0n) is 20.1. The summed E-state index contributed by atoms with van der Waals surface area (Å²) in [6, 6.07) is 11.1. The molecule has 0 aliphatic carbocycles. The highest BCUT2D eigenvalue weighted by atomic mass is 127. The number of aromatic nitrogens is 2. The number of hydrogen-bond donors (Lipinski definition) is 1. The Morgan fingerprint density at radius 3 is 2.61 bits per heavy atom. The van der Waals surface area contributed by atoms with E-state index in [9.17, 15) is 0 Å². The van der Waals surface area contributed by atoms with Crippen LogP contribution < -0.4 is 10.2 Å². The standard InChI is InChI=1S/C24H37N7O.HI/c1-4-25-24(31-14-15-32-23(19-31)21-17-27-28(3)18-21)26-16-20(2)29-10-12-30(13-11-29)22-8-6-5-7-9-22;/h5-9,17-18,20,23H,4,10-16,19H2,1-3H3,(H,25,26);1H. The monoisotopic (exact) mass is 567 g/mol. The van der Waals surface area contributed by atoms with Gasteiger partial charge in [-0.3, -0.25) is 14.6 Å². The molecule has 2 unspecified atom stereocenters. The maximum absolute atomic E-state index is 6.01. The number of rotatable bonds is 6. The summed E-state index contributed by atoms with van der Waals surface area (Å²) in [5.41, 5.74) is 2.44. The maximum Gasteiger partial charge on any atom is 0.194 e. The van der Waals surface area contributed by atoms with E-state index in [-0.39, 0.29) is 30.1 Å². The van der Waals surface area contributed by atoms with Crippen LogP contribution in [0.5, 0.6) is 0 Å². The van der Waals surface area contributed by atoms with Crippen molar-refractivity contribution in [3.8, 4) is 0 Å². The Morgan fingerprint density at radius 1 is 1.18 bits per heavy atom. The molecule has 4 rings (SSSR count). The van der Waals surface area contributed by atoms with E-state index in [1.54, 1.807) is 0 Å². The second-order valence-corrected chi connectivity index (χ2v) is 8.65. The first-order valence-electron chi connectivity index (χ1n) is 11.8. The van der Waals surface area contributed by atoms with Gasteiger partial charge >= 0.3 is 0 Å². The van der Waals surface area contributed by atoms with Crippen molar-refractivity contribution >= 4 is 35.6 Å². The number of nitrogens with zero attached hydrogens (tertiary/aromatic N) is 6. The lowest BCUT2D eigenvalue weighted by atomic mass is 10.1. The van der Waals surface area contributed by atoms with Gasteiger partial charge in [-0.15, -0.1) is 24.0 Å². The van der Waals surface area contributed by atoms with Crippen molar-refractivity contribution in [1.29, 1.82) is 0 Å². The van der Waals surface area contributed by atoms with Crippen LogP contribution in [0.2, 0.25) is 0 Å². The number of guanidine groups is 1. The van der Waals surface area contributed by atoms with Gasteiger partial charge in [-0.2, -0.15) is 5.10 Å². The van der Waals surface area contributed by atoms with Crippen molar-refractivity contribution in [2.24, 2.45) is 12.0 Å². The molecule has 33 heavy (non-hydrogen) atoms. The van der Waals surface area contributed by atoms with E-state index in [0.29, 0.717) is 12.6 Å². The molecule has 182 valence electrons. The number of morpholine rings is 1. The summed E-state index contributed by atoms with van der Waals surface area (Å²) in [6.07, 6.45) is 3.97. The zero-order chi connectivity index (χ0) is 22.3. The SMILES string of the molecule is CCNC(=NCC(C)N1CCN(c2ccccc2)CC1)N1CCOC(c2cnn(C)c2)C1.I. The van der Waals surface area contributed by atoms with Gasteiger partial charge in [0.25, 0.3) is 0 Å². The normalized spacial score (nSPS) is 20.9. The topological polar surface area (TPSA) is 61.2 Å². The highest BCUT2D eigenvalue weighted by Crippen LogP contribution is 2.22. The van der Waals surface area contributed by atoms with Crippen molar-refractivity contribution in [1.82, 2.24) is 24.9 Å². The Balaban J connectivity index is 0.00000306. The lowest BCUT2D eigenvalue weighted by molar-refractivity contribution is -0.00808. The number of benzene rings is 1. The second kappa shape index (κ2) is 12.6. The number of aryl methyl sites for hydroxylation is 1. The summed E-state index contributed by atoms with van der Waals surface area (Å²) in [5, 5.41) is 7.79. The van der Waals surface area contributed by atoms with Crippen molar-refractivity contribution in [2.45, 2.75) is 26.0 Å². The molecule has 0 spiro atoms. The quantitative estimate of drug-likeness (QED) is 0.329. The molecule has 2 aliphatic rings. The number of nitrogens with one attached hydrogen (secondary N) is 1. The smallest absolute Gasteiger partial charge is 0.194 e. The lowest BCUT2D eigenvalue weighted by Crippen LogP contribution is -2.51. The van der Waals surface area contributed by atoms with Crippen LogP contribution in [0.25, 0.3) is 0 Å². The zero-order valence-corrected chi connectivity index (χ0v) is 22.4. The fourth-order valence-corrected chi connectivity index (χ4v) is 4.47. The van der Waals surface area contributed by atoms with Crippen LogP contribution >= 0.6 is 24.0 Å². The van der Waals surface area contributed by atoms with E-state index in [1.165, 1.54) is 5.69 Å². The van der Waals surface area contributed by atoms with Crippen LogP contribution in [0.4, 0.5) is 5.69 Å². The summed E-state index contributed by atoms with van der Waals surface area (Å²) in [6.45, 7) is 12.7. The average Bonchev–Trinajstić information content (AvgIpc) is 3.28. The molecule has 9 heteroatoms. The lowest BCUT2D eigenvalue weighted by Gasteiger charge is -2.39. The number of para-hydroxylation sites is 1. The molecule has 2 atom stereocenters. The van der Waals surface area contributed by atoms with Crippen LogP contribution in [-0.2, 0) is 11.8 Å². The van der Waals surface area contributed by atoms with E-state index >= 15 is 0 Å². The molecule has 1 aromatic heterocycles. The first kappa shape index (κ1) is 25.8. The number of halogens is 1. The predicted octanol–water partition coefficient (Wildman–Crippen LogP) is 2.59. The Kier molecular flexibility index (Phi) is 9.81. The third-order valence-corrected chi connectivity index (χ3v) is 6.36. The summed E-state index contributed by atoms with van der Waals surface area (Å²) in [5.74, 6) is 0.986. The summed E-state index contributed by atoms with van der Waals surface area (Å²) in [4.78, 5) is 12.4. The van der Waals surface area contributed by atoms with E-state index in [1.807, 2.05) is 24.1 Å². The van der Waals surface area contributed by atoms with Crippen LogP contribution in [-0.4, -0.2) is 90.5 Å². The van der Waals surface area contributed by atoms with E-state index in [4.69, 9.17) is 9.73 Å². The van der Waals surface area contributed by atoms with Crippen LogP contribution in [0, 0.1) is 0 Å². The fourth-order valence-electron chi connectivity index (χ4n) is 4.47. The second-order valence-electron chi connectivity index (χ2n) is 8.65. The van der Waals surface area contributed by atoms with Gasteiger partial charge in [0.15, 0.2) is 5.96 Å². The Labute approximate surface area is 215 Å². The van der Waals surface area contributed by atoms with Crippen molar-refractivity contribution in [3.63, 3.8) is 0 Å². The van der Waals surface area contributed by atoms with Crippen molar-refractivity contribution in [3.05, 3.63) is 48.3 Å². The molecule has 8 nitrogen and oxygen atoms in total. The highest BCUT2D eigenvalue weighted by Gasteiger charge is 2.26. The van der Waals surface area contributed by atoms with Crippen molar-refractivity contribution < 1.29 is 4.74 Å². The minimum absolute atomic E-state index is 0. The molecule has 2 aliphatic heterocycles. The van der Waals surface area contributed by atoms with E-state index in [0.717, 1.165) is 63.9 Å². The van der Waals surface area contributed by atoms with Crippen molar-refractivity contribution in [2.75, 3.05) is 63.9 Å². The van der Waals surface area contributed by atoms with Crippen LogP contribution in [0.1, 0.15) is 25.5 Å². The third-order valence-electron chi connectivity index (χ3n) is 6.36. The van der Waals surface area contributed by atoms with Gasteiger partial charge in [0, 0.05) is 69.8 Å². The molecule has 0 saturated carbocycles. The maximum atomic E-state index is 6.01. The molecule has 0 bridgehead atoms. The molecule has 1 aromatic carbocycles. The fraction of sp³-hybridized carbons (Fsp3) is 0.583. The van der Waals surface area contributed by atoms with Crippen LogP contribution in [0.3, 0.4) is 0 Å². The molecule has 0 amide bonds. The number of hydrogen-bond acceptors (Lipinski definition) is 5. The van der Waals surface area contributed by atoms with Gasteiger partial charge in [0.2, 0.25) is 0 Å². The van der Waals surface area contributed by atoms with E-state index < -0.39 is 0 Å². The van der Waals surface area contributed by atoms with Gasteiger partial charge in [-0.05, 0) is 26.0 Å². The summed E-state index contributed by atoms with van der Waals surface area (Å²) < 4.78 is 7.84. The molecular formula is C24H38IN7O. The number of aliphatic imine (C=N–C) groups is 1. The third kappa shape index (κ3) is 6.83. The van der Waals surface area contributed by atoms with Gasteiger partial charge in [-0.1, -0.05) is 18.2 Å². The molecule has 3 heterocycles. The van der Waals surface area contributed by atoms with Crippen LogP contribution in [0.15, 0.2) is 47.7 Å². The number of piperazine rings is 1. The Bertz CT molecular complexity index is 867. The van der Waals surface area contributed by atoms with Gasteiger partial charge in [0.1, 0.15) is 6.10 Å². The first-order valence-corrected chi connectivity index (χ1v) is 11.8. The minimum atomic E-state index is 0. The largest absolute Gasteiger partial charge is 0.370 e. The predicted molar refractivity (Wildman–Crippen MR) is 145 cm³/mol. The van der Waals surface area contributed by atoms with Gasteiger partial charge < -0.3 is 19.9 Å². The first-order chi connectivity index (χ1) is 15.6. The summed E-state index contributed by atoms with van der Waals surface area (Å²) >= 11 is 0. The molecule has 1 N–H and O–H groups in total. The van der Waals surface area contributed by atoms with Gasteiger partial charge in [0.05, 0.1) is 25.9 Å². The molecule has 0 radical (unpaired) electrons. The Hall–Kier alpha value is -1.85. The molecule has 2 saturated heterocycles. The average molecular weight is 568 g/mol. The number of anilines is 1. The summed E-state index contributed by atoms with van der Waals surface area (Å²) in [7, 11) is 1.94. The highest BCUT2D eigenvalue weighted by molar-refractivity contribution is 14.0. The molecule has 2 fully saturated rings. The Morgan fingerprint density at radius 2 is 1.94 bits per heavy atom. The minimum Gasteiger partial charge on any atom is -0.370 e. The van der Waals surface area contributed by atoms with Gasteiger partial charge in [-0.25, -0.2) is 0 Å². The van der Waals surface area contributed by atoms with E-state index in [2.05, 4.69) is 69.3 Å². The number of ether oxygens (including phenoxy) is 1. The molecule has 2 aromatic rings. The molecular weight excluding hydrogens is 529 g/mol.